The van der Waals surface area contributed by atoms with Crippen molar-refractivity contribution in [1.29, 1.82) is 0 Å². The highest BCUT2D eigenvalue weighted by Gasteiger charge is 2.31. The van der Waals surface area contributed by atoms with Crippen LogP contribution in [0.3, 0.4) is 0 Å². The Morgan fingerprint density at radius 1 is 0.971 bits per heavy atom. The van der Waals surface area contributed by atoms with Crippen LogP contribution in [-0.2, 0) is 16.1 Å². The van der Waals surface area contributed by atoms with Crippen LogP contribution in [0.25, 0.3) is 0 Å². The van der Waals surface area contributed by atoms with Crippen molar-refractivity contribution < 1.29 is 19.1 Å². The molecule has 35 heavy (non-hydrogen) atoms. The summed E-state index contributed by atoms with van der Waals surface area (Å²) >= 11 is 4.75. The molecule has 190 valence electrons. The lowest BCUT2D eigenvalue weighted by atomic mass is 9.85. The van der Waals surface area contributed by atoms with E-state index >= 15 is 0 Å². The van der Waals surface area contributed by atoms with Gasteiger partial charge < -0.3 is 20.1 Å². The molecule has 2 atom stereocenters. The van der Waals surface area contributed by atoms with Crippen LogP contribution in [0.1, 0.15) is 64.9 Å². The molecular formula is C28H38N2O4S. The van der Waals surface area contributed by atoms with Gasteiger partial charge in [0.25, 0.3) is 0 Å². The lowest BCUT2D eigenvalue weighted by Crippen LogP contribution is -2.53. The van der Waals surface area contributed by atoms with Crippen LogP contribution < -0.4 is 15.4 Å². The number of para-hydroxylation sites is 1. The molecule has 2 N–H and O–H groups in total. The summed E-state index contributed by atoms with van der Waals surface area (Å²) in [5.41, 5.74) is 0.280. The number of hydrogen-bond donors (Lipinski definition) is 3. The predicted molar refractivity (Wildman–Crippen MR) is 142 cm³/mol. The minimum atomic E-state index is -0.782. The molecule has 1 fully saturated rings. The van der Waals surface area contributed by atoms with Crippen molar-refractivity contribution in [2.45, 2.75) is 82.7 Å². The average molecular weight is 499 g/mol. The summed E-state index contributed by atoms with van der Waals surface area (Å²) in [7, 11) is 0. The topological polar surface area (TPSA) is 76.7 Å². The molecule has 1 aliphatic carbocycles. The Hall–Kier alpha value is -2.67. The van der Waals surface area contributed by atoms with Crippen molar-refractivity contribution in [1.82, 2.24) is 10.6 Å². The molecule has 0 radical (unpaired) electrons. The van der Waals surface area contributed by atoms with Crippen LogP contribution >= 0.6 is 12.6 Å². The monoisotopic (exact) mass is 498 g/mol. The molecule has 2 aromatic carbocycles. The van der Waals surface area contributed by atoms with Crippen LogP contribution in [0.2, 0.25) is 0 Å². The lowest BCUT2D eigenvalue weighted by Gasteiger charge is -2.30. The number of nitrogens with one attached hydrogen (secondary N) is 2. The number of thiol groups is 1. The molecule has 6 nitrogen and oxygen atoms in total. The molecule has 1 aliphatic rings. The molecule has 1 unspecified atom stereocenters. The Labute approximate surface area is 214 Å². The van der Waals surface area contributed by atoms with E-state index in [2.05, 4.69) is 10.6 Å². The second-order valence-electron chi connectivity index (χ2n) is 10.2. The van der Waals surface area contributed by atoms with E-state index < -0.39 is 17.7 Å². The molecule has 2 amide bonds. The number of carbonyl (C=O) groups excluding carboxylic acids is 2. The summed E-state index contributed by atoms with van der Waals surface area (Å²) in [4.78, 5) is 25.6. The van der Waals surface area contributed by atoms with Crippen LogP contribution in [0.5, 0.6) is 11.5 Å². The number of benzene rings is 2. The van der Waals surface area contributed by atoms with Crippen LogP contribution in [0, 0.1) is 5.92 Å². The predicted octanol–water partition coefficient (Wildman–Crippen LogP) is 6.26. The minimum absolute atomic E-state index is 0.267. The summed E-state index contributed by atoms with van der Waals surface area (Å²) in [5.74, 6) is 1.75. The lowest BCUT2D eigenvalue weighted by molar-refractivity contribution is -0.123. The van der Waals surface area contributed by atoms with E-state index in [-0.39, 0.29) is 11.2 Å². The van der Waals surface area contributed by atoms with Gasteiger partial charge in [-0.15, -0.1) is 0 Å². The SMILES string of the molecule is CC(C)(C)OC(=O)N[C@H](C(=O)NCc1ccc(Oc2ccccc2)cc1)C(S)CC1CCCCC1. The van der Waals surface area contributed by atoms with E-state index in [1.54, 1.807) is 20.8 Å². The maximum Gasteiger partial charge on any atom is 0.408 e. The van der Waals surface area contributed by atoms with Gasteiger partial charge in [-0.05, 0) is 62.9 Å². The zero-order valence-corrected chi connectivity index (χ0v) is 21.9. The molecule has 7 heteroatoms. The third-order valence-electron chi connectivity index (χ3n) is 6.01. The molecule has 0 bridgehead atoms. The molecular weight excluding hydrogens is 460 g/mol. The Kier molecular flexibility index (Phi) is 9.90. The van der Waals surface area contributed by atoms with Gasteiger partial charge in [0.2, 0.25) is 5.91 Å². The largest absolute Gasteiger partial charge is 0.457 e. The number of ether oxygens (including phenoxy) is 2. The third kappa shape index (κ3) is 9.48. The first-order chi connectivity index (χ1) is 16.7. The van der Waals surface area contributed by atoms with Crippen molar-refractivity contribution in [3.05, 3.63) is 60.2 Å². The number of amides is 2. The first kappa shape index (κ1) is 26.9. The molecule has 0 saturated heterocycles. The fourth-order valence-corrected chi connectivity index (χ4v) is 4.78. The van der Waals surface area contributed by atoms with Crippen molar-refractivity contribution in [2.75, 3.05) is 0 Å². The van der Waals surface area contributed by atoms with Crippen LogP contribution in [0.15, 0.2) is 54.6 Å². The number of carbonyl (C=O) groups is 2. The maximum atomic E-state index is 13.2. The van der Waals surface area contributed by atoms with Gasteiger partial charge in [0.15, 0.2) is 0 Å². The Morgan fingerprint density at radius 3 is 2.23 bits per heavy atom. The fraction of sp³-hybridized carbons (Fsp3) is 0.500. The van der Waals surface area contributed by atoms with E-state index in [1.807, 2.05) is 54.6 Å². The first-order valence-electron chi connectivity index (χ1n) is 12.5. The van der Waals surface area contributed by atoms with Gasteiger partial charge in [0, 0.05) is 11.8 Å². The van der Waals surface area contributed by atoms with Crippen molar-refractivity contribution in [3.63, 3.8) is 0 Å². The van der Waals surface area contributed by atoms with Crippen LogP contribution in [0.4, 0.5) is 4.79 Å². The third-order valence-corrected chi connectivity index (χ3v) is 6.52. The molecule has 2 aromatic rings. The minimum Gasteiger partial charge on any atom is -0.457 e. The quantitative estimate of drug-likeness (QED) is 0.357. The second-order valence-corrected chi connectivity index (χ2v) is 10.9. The number of alkyl carbamates (subject to hydrolysis) is 1. The van der Waals surface area contributed by atoms with Gasteiger partial charge in [0.1, 0.15) is 23.1 Å². The smallest absolute Gasteiger partial charge is 0.408 e. The number of rotatable bonds is 9. The Bertz CT molecular complexity index is 938. The summed E-state index contributed by atoms with van der Waals surface area (Å²) in [6.45, 7) is 5.73. The van der Waals surface area contributed by atoms with Crippen molar-refractivity contribution in [3.8, 4) is 11.5 Å². The average Bonchev–Trinajstić information content (AvgIpc) is 2.82. The molecule has 0 aliphatic heterocycles. The van der Waals surface area contributed by atoms with E-state index in [0.29, 0.717) is 12.5 Å². The van der Waals surface area contributed by atoms with Gasteiger partial charge in [-0.3, -0.25) is 4.79 Å². The van der Waals surface area contributed by atoms with Gasteiger partial charge in [-0.2, -0.15) is 12.6 Å². The summed E-state index contributed by atoms with van der Waals surface area (Å²) in [5, 5.41) is 5.42. The fourth-order valence-electron chi connectivity index (χ4n) is 4.27. The zero-order valence-electron chi connectivity index (χ0n) is 21.0. The van der Waals surface area contributed by atoms with Gasteiger partial charge in [0.05, 0.1) is 0 Å². The molecule has 3 rings (SSSR count). The maximum absolute atomic E-state index is 13.2. The van der Waals surface area contributed by atoms with Gasteiger partial charge in [-0.1, -0.05) is 62.4 Å². The zero-order chi connectivity index (χ0) is 25.3. The van der Waals surface area contributed by atoms with E-state index in [4.69, 9.17) is 22.1 Å². The normalized spacial score (nSPS) is 16.1. The second kappa shape index (κ2) is 12.9. The van der Waals surface area contributed by atoms with Crippen molar-refractivity contribution in [2.24, 2.45) is 5.92 Å². The summed E-state index contributed by atoms with van der Waals surface area (Å²) in [6.07, 6.45) is 6.16. The molecule has 0 aromatic heterocycles. The van der Waals surface area contributed by atoms with Crippen LogP contribution in [-0.4, -0.2) is 28.9 Å². The molecule has 0 heterocycles. The Morgan fingerprint density at radius 2 is 1.60 bits per heavy atom. The summed E-state index contributed by atoms with van der Waals surface area (Å²) < 4.78 is 11.2. The van der Waals surface area contributed by atoms with E-state index in [0.717, 1.165) is 36.3 Å². The van der Waals surface area contributed by atoms with E-state index in [1.165, 1.54) is 19.3 Å². The highest BCUT2D eigenvalue weighted by molar-refractivity contribution is 7.81. The number of hydrogen-bond acceptors (Lipinski definition) is 5. The van der Waals surface area contributed by atoms with E-state index in [9.17, 15) is 9.59 Å². The van der Waals surface area contributed by atoms with Gasteiger partial charge in [-0.25, -0.2) is 4.79 Å². The summed E-state index contributed by atoms with van der Waals surface area (Å²) in [6, 6.07) is 16.4. The highest BCUT2D eigenvalue weighted by atomic mass is 32.1. The molecule has 1 saturated carbocycles. The van der Waals surface area contributed by atoms with Gasteiger partial charge >= 0.3 is 6.09 Å². The Balaban J connectivity index is 1.59. The highest BCUT2D eigenvalue weighted by Crippen LogP contribution is 2.29. The van der Waals surface area contributed by atoms with Crippen molar-refractivity contribution >= 4 is 24.6 Å². The molecule has 0 spiro atoms. The first-order valence-corrected chi connectivity index (χ1v) is 13.0. The standard InChI is InChI=1S/C28H38N2O4S/c1-28(2,3)34-27(32)30-25(24(35)18-20-10-6-4-7-11-20)26(31)29-19-21-14-16-23(17-15-21)33-22-12-8-5-9-13-22/h5,8-9,12-17,20,24-25,35H,4,6-7,10-11,18-19H2,1-3H3,(H,29,31)(H,30,32)/t24?,25-/m0/s1.